The largest absolute Gasteiger partial charge is 0.465 e. The summed E-state index contributed by atoms with van der Waals surface area (Å²) in [5.74, 6) is -0.407. The summed E-state index contributed by atoms with van der Waals surface area (Å²) in [5, 5.41) is 13.0. The predicted octanol–water partition coefficient (Wildman–Crippen LogP) is 5.97. The molecule has 1 heterocycles. The number of carbonyl (C=O) groups excluding carboxylic acids is 1. The molecule has 134 valence electrons. The fourth-order valence-electron chi connectivity index (χ4n) is 2.36. The lowest BCUT2D eigenvalue weighted by Crippen LogP contribution is -2.00. The van der Waals surface area contributed by atoms with Gasteiger partial charge in [-0.1, -0.05) is 35.3 Å². The summed E-state index contributed by atoms with van der Waals surface area (Å²) in [6.45, 7) is 0. The molecule has 0 N–H and O–H groups in total. The van der Waals surface area contributed by atoms with Crippen LogP contribution in [0.2, 0.25) is 10.0 Å². The fraction of sp³-hybridized carbons (Fsp3) is 0.0500. The third kappa shape index (κ3) is 4.37. The monoisotopic (exact) mass is 414 g/mol. The molecule has 3 aromatic rings. The Kier molecular flexibility index (Phi) is 5.92. The summed E-state index contributed by atoms with van der Waals surface area (Å²) in [7, 11) is 1.33. The fourth-order valence-corrected chi connectivity index (χ4v) is 3.65. The highest BCUT2D eigenvalue weighted by Gasteiger charge is 2.12. The molecular weight excluding hydrogens is 403 g/mol. The van der Waals surface area contributed by atoms with Crippen LogP contribution >= 0.6 is 34.5 Å². The average molecular weight is 415 g/mol. The number of nitrogens with zero attached hydrogens (tertiary/aromatic N) is 2. The summed E-state index contributed by atoms with van der Waals surface area (Å²) in [6.07, 6.45) is 1.72. The Labute approximate surface area is 170 Å². The van der Waals surface area contributed by atoms with Gasteiger partial charge >= 0.3 is 5.97 Å². The molecule has 0 spiro atoms. The minimum absolute atomic E-state index is 0.407. The van der Waals surface area contributed by atoms with E-state index < -0.39 is 5.97 Å². The Hall–Kier alpha value is -2.65. The van der Waals surface area contributed by atoms with Gasteiger partial charge in [-0.2, -0.15) is 5.26 Å². The second-order valence-corrected chi connectivity index (χ2v) is 7.15. The van der Waals surface area contributed by atoms with Crippen molar-refractivity contribution in [3.05, 3.63) is 74.0 Å². The number of allylic oxidation sites excluding steroid dienone is 1. The van der Waals surface area contributed by atoms with E-state index in [0.29, 0.717) is 31.9 Å². The van der Waals surface area contributed by atoms with Gasteiger partial charge in [0.05, 0.1) is 29.0 Å². The van der Waals surface area contributed by atoms with Gasteiger partial charge in [0.25, 0.3) is 0 Å². The molecule has 0 amide bonds. The summed E-state index contributed by atoms with van der Waals surface area (Å²) >= 11 is 13.5. The topological polar surface area (TPSA) is 63.0 Å². The maximum Gasteiger partial charge on any atom is 0.337 e. The highest BCUT2D eigenvalue weighted by Crippen LogP contribution is 2.33. The van der Waals surface area contributed by atoms with Crippen molar-refractivity contribution in [2.75, 3.05) is 7.11 Å². The van der Waals surface area contributed by atoms with E-state index >= 15 is 0 Å². The summed E-state index contributed by atoms with van der Waals surface area (Å²) in [5.41, 5.74) is 3.08. The lowest BCUT2D eigenvalue weighted by atomic mass is 10.1. The van der Waals surface area contributed by atoms with Crippen LogP contribution < -0.4 is 0 Å². The second kappa shape index (κ2) is 8.36. The van der Waals surface area contributed by atoms with E-state index in [1.807, 2.05) is 5.38 Å². The van der Waals surface area contributed by atoms with Crippen LogP contribution in [0.4, 0.5) is 0 Å². The summed E-state index contributed by atoms with van der Waals surface area (Å²) in [6, 6.07) is 14.1. The van der Waals surface area contributed by atoms with Gasteiger partial charge in [0, 0.05) is 16.0 Å². The molecule has 0 saturated carbocycles. The lowest BCUT2D eigenvalue weighted by molar-refractivity contribution is 0.0600. The maximum atomic E-state index is 11.5. The highest BCUT2D eigenvalue weighted by molar-refractivity contribution is 7.11. The Bertz CT molecular complexity index is 1070. The first-order valence-electron chi connectivity index (χ1n) is 7.73. The number of hydrogen-bond acceptors (Lipinski definition) is 5. The molecule has 0 radical (unpaired) electrons. The molecule has 0 fully saturated rings. The molecule has 1 aromatic heterocycles. The average Bonchev–Trinajstić information content (AvgIpc) is 3.15. The van der Waals surface area contributed by atoms with Crippen molar-refractivity contribution >= 4 is 52.2 Å². The summed E-state index contributed by atoms with van der Waals surface area (Å²) < 4.78 is 4.68. The molecule has 0 unspecified atom stereocenters. The zero-order chi connectivity index (χ0) is 19.4. The Morgan fingerprint density at radius 1 is 1.22 bits per heavy atom. The quantitative estimate of drug-likeness (QED) is 0.389. The third-order valence-electron chi connectivity index (χ3n) is 3.70. The van der Waals surface area contributed by atoms with E-state index in [9.17, 15) is 10.1 Å². The van der Waals surface area contributed by atoms with Crippen molar-refractivity contribution in [3.63, 3.8) is 0 Å². The number of rotatable bonds is 4. The van der Waals surface area contributed by atoms with E-state index in [-0.39, 0.29) is 0 Å². The lowest BCUT2D eigenvalue weighted by Gasteiger charge is -2.01. The maximum absolute atomic E-state index is 11.5. The number of benzene rings is 2. The van der Waals surface area contributed by atoms with Crippen LogP contribution in [-0.2, 0) is 4.74 Å². The van der Waals surface area contributed by atoms with Crippen LogP contribution in [-0.4, -0.2) is 18.1 Å². The van der Waals surface area contributed by atoms with Crippen molar-refractivity contribution in [1.82, 2.24) is 4.98 Å². The smallest absolute Gasteiger partial charge is 0.337 e. The van der Waals surface area contributed by atoms with Gasteiger partial charge < -0.3 is 4.74 Å². The number of methoxy groups -OCH3 is 1. The number of halogens is 2. The number of thiazole rings is 1. The number of aromatic nitrogens is 1. The number of ether oxygens (including phenoxy) is 1. The van der Waals surface area contributed by atoms with Crippen LogP contribution in [0.3, 0.4) is 0 Å². The molecular formula is C20H12Cl2N2O2S. The molecule has 0 bridgehead atoms. The van der Waals surface area contributed by atoms with Crippen molar-refractivity contribution in [1.29, 1.82) is 5.26 Å². The van der Waals surface area contributed by atoms with Crippen molar-refractivity contribution in [2.45, 2.75) is 0 Å². The SMILES string of the molecule is COC(=O)c1ccc(/C=C(/C#N)c2nc(-c3ccc(Cl)cc3Cl)cs2)cc1. The van der Waals surface area contributed by atoms with Gasteiger partial charge in [0.2, 0.25) is 0 Å². The molecule has 0 aliphatic carbocycles. The molecule has 0 atom stereocenters. The second-order valence-electron chi connectivity index (χ2n) is 5.45. The normalized spacial score (nSPS) is 11.1. The minimum atomic E-state index is -0.407. The number of nitriles is 1. The van der Waals surface area contributed by atoms with Gasteiger partial charge in [-0.05, 0) is 42.0 Å². The van der Waals surface area contributed by atoms with Crippen LogP contribution in [0, 0.1) is 11.3 Å². The molecule has 2 aromatic carbocycles. The van der Waals surface area contributed by atoms with Gasteiger partial charge in [0.15, 0.2) is 0 Å². The van der Waals surface area contributed by atoms with Crippen LogP contribution in [0.25, 0.3) is 22.9 Å². The zero-order valence-corrected chi connectivity index (χ0v) is 16.4. The van der Waals surface area contributed by atoms with Crippen molar-refractivity contribution in [3.8, 4) is 17.3 Å². The summed E-state index contributed by atoms with van der Waals surface area (Å²) in [4.78, 5) is 16.0. The van der Waals surface area contributed by atoms with E-state index in [0.717, 1.165) is 11.1 Å². The Morgan fingerprint density at radius 2 is 1.96 bits per heavy atom. The Morgan fingerprint density at radius 3 is 2.59 bits per heavy atom. The van der Waals surface area contributed by atoms with Gasteiger partial charge in [-0.3, -0.25) is 0 Å². The van der Waals surface area contributed by atoms with E-state index in [1.165, 1.54) is 18.4 Å². The first-order valence-corrected chi connectivity index (χ1v) is 9.37. The molecule has 7 heteroatoms. The van der Waals surface area contributed by atoms with Crippen molar-refractivity contribution < 1.29 is 9.53 Å². The van der Waals surface area contributed by atoms with Crippen molar-refractivity contribution in [2.24, 2.45) is 0 Å². The molecule has 3 rings (SSSR count). The first-order chi connectivity index (χ1) is 13.0. The molecule has 27 heavy (non-hydrogen) atoms. The van der Waals surface area contributed by atoms with Crippen LogP contribution in [0.1, 0.15) is 20.9 Å². The molecule has 4 nitrogen and oxygen atoms in total. The Balaban J connectivity index is 1.90. The molecule has 0 aliphatic heterocycles. The minimum Gasteiger partial charge on any atom is -0.465 e. The van der Waals surface area contributed by atoms with Gasteiger partial charge in [-0.25, -0.2) is 9.78 Å². The zero-order valence-electron chi connectivity index (χ0n) is 14.1. The van der Waals surface area contributed by atoms with Gasteiger partial charge in [0.1, 0.15) is 11.1 Å². The van der Waals surface area contributed by atoms with Gasteiger partial charge in [-0.15, -0.1) is 11.3 Å². The number of hydrogen-bond donors (Lipinski definition) is 0. The van der Waals surface area contributed by atoms with Crippen LogP contribution in [0.15, 0.2) is 47.8 Å². The van der Waals surface area contributed by atoms with E-state index in [4.69, 9.17) is 23.2 Å². The van der Waals surface area contributed by atoms with Crippen LogP contribution in [0.5, 0.6) is 0 Å². The third-order valence-corrected chi connectivity index (χ3v) is 5.13. The van der Waals surface area contributed by atoms with E-state index in [1.54, 1.807) is 48.5 Å². The standard InChI is InChI=1S/C20H12Cl2N2O2S/c1-26-20(25)13-4-2-12(3-5-13)8-14(10-23)19-24-18(11-27-19)16-7-6-15(21)9-17(16)22/h2-9,11H,1H3/b14-8-. The highest BCUT2D eigenvalue weighted by atomic mass is 35.5. The molecule has 0 saturated heterocycles. The number of esters is 1. The van der Waals surface area contributed by atoms with E-state index in [2.05, 4.69) is 15.8 Å². The number of carbonyl (C=O) groups is 1. The molecule has 0 aliphatic rings. The predicted molar refractivity (Wildman–Crippen MR) is 109 cm³/mol. The first kappa shape index (κ1) is 19.1.